The molecule has 1 N–H and O–H groups in total. The molecule has 0 radical (unpaired) electrons. The van der Waals surface area contributed by atoms with E-state index in [9.17, 15) is 14.4 Å². The topological polar surface area (TPSA) is 113 Å². The molecule has 0 aromatic heterocycles. The number of hydrogen-bond acceptors (Lipinski definition) is 8. The minimum atomic E-state index is -0.994. The first kappa shape index (κ1) is 20.6. The van der Waals surface area contributed by atoms with Crippen molar-refractivity contribution < 1.29 is 23.9 Å². The van der Waals surface area contributed by atoms with Gasteiger partial charge in [-0.1, -0.05) is 16.8 Å². The highest BCUT2D eigenvalue weighted by Gasteiger charge is 2.55. The maximum absolute atomic E-state index is 12.9. The van der Waals surface area contributed by atoms with E-state index >= 15 is 0 Å². The lowest BCUT2D eigenvalue weighted by Gasteiger charge is -2.20. The molecule has 160 valence electrons. The van der Waals surface area contributed by atoms with E-state index in [1.54, 1.807) is 42.5 Å². The zero-order valence-electron chi connectivity index (χ0n) is 16.6. The lowest BCUT2D eigenvalue weighted by atomic mass is 10.1. The number of fused-ring (bicyclic) bond motifs is 1. The predicted octanol–water partition coefficient (Wildman–Crippen LogP) is 2.29. The summed E-state index contributed by atoms with van der Waals surface area (Å²) in [4.78, 5) is 39.3. The first-order chi connectivity index (χ1) is 14.9. The summed E-state index contributed by atoms with van der Waals surface area (Å²) in [6, 6.07) is 9.28. The van der Waals surface area contributed by atoms with Crippen LogP contribution in [0.3, 0.4) is 0 Å². The number of nitrogens with one attached hydrogen (secondary N) is 1. The van der Waals surface area contributed by atoms with Gasteiger partial charge >= 0.3 is 0 Å². The third-order valence-corrected chi connectivity index (χ3v) is 5.18. The lowest BCUT2D eigenvalue weighted by molar-refractivity contribution is -0.123. The van der Waals surface area contributed by atoms with Crippen molar-refractivity contribution in [2.24, 2.45) is 10.3 Å². The van der Waals surface area contributed by atoms with Crippen LogP contribution in [-0.2, 0) is 14.4 Å². The average Bonchev–Trinajstić information content (AvgIpc) is 3.28. The largest absolute Gasteiger partial charge is 0.497 e. The van der Waals surface area contributed by atoms with Crippen LogP contribution in [0.4, 0.5) is 11.4 Å². The average molecular weight is 444 g/mol. The third-order valence-electron chi connectivity index (χ3n) is 4.93. The number of nitrogens with zero attached hydrogens (tertiary/aromatic N) is 4. The Balaban J connectivity index is 1.48. The van der Waals surface area contributed by atoms with E-state index in [-0.39, 0.29) is 6.54 Å². The molecule has 0 saturated carbocycles. The number of carbonyl (C=O) groups excluding carboxylic acids is 3. The second kappa shape index (κ2) is 8.23. The van der Waals surface area contributed by atoms with Crippen molar-refractivity contribution in [2.45, 2.75) is 12.1 Å². The quantitative estimate of drug-likeness (QED) is 0.685. The van der Waals surface area contributed by atoms with E-state index in [2.05, 4.69) is 15.7 Å². The number of benzene rings is 2. The maximum Gasteiger partial charge on any atom is 0.263 e. The zero-order valence-corrected chi connectivity index (χ0v) is 17.4. The first-order valence-electron chi connectivity index (χ1n) is 9.25. The minimum absolute atomic E-state index is 0.271. The molecule has 2 atom stereocenters. The molecule has 0 bridgehead atoms. The molecular weight excluding hydrogens is 426 g/mol. The van der Waals surface area contributed by atoms with Gasteiger partial charge in [-0.25, -0.2) is 4.90 Å². The third kappa shape index (κ3) is 3.77. The molecule has 2 aliphatic rings. The van der Waals surface area contributed by atoms with Crippen molar-refractivity contribution in [1.82, 2.24) is 5.01 Å². The number of hydrogen-bond donors (Lipinski definition) is 1. The van der Waals surface area contributed by atoms with Crippen LogP contribution in [0.2, 0.25) is 5.02 Å². The van der Waals surface area contributed by atoms with Gasteiger partial charge in [-0.15, -0.1) is 0 Å². The van der Waals surface area contributed by atoms with Gasteiger partial charge < -0.3 is 14.8 Å². The minimum Gasteiger partial charge on any atom is -0.497 e. The number of amides is 3. The van der Waals surface area contributed by atoms with Crippen LogP contribution in [0.25, 0.3) is 0 Å². The van der Waals surface area contributed by atoms with E-state index < -0.39 is 29.8 Å². The van der Waals surface area contributed by atoms with E-state index in [1.807, 2.05) is 0 Å². The van der Waals surface area contributed by atoms with Crippen molar-refractivity contribution in [3.8, 4) is 11.5 Å². The van der Waals surface area contributed by atoms with Crippen LogP contribution in [-0.4, -0.2) is 55.6 Å². The highest BCUT2D eigenvalue weighted by atomic mass is 35.5. The zero-order chi connectivity index (χ0) is 22.1. The number of carbonyl (C=O) groups is 3. The molecule has 10 nitrogen and oxygen atoms in total. The van der Waals surface area contributed by atoms with Crippen LogP contribution in [0.15, 0.2) is 52.8 Å². The number of methoxy groups -OCH3 is 2. The van der Waals surface area contributed by atoms with Gasteiger partial charge in [-0.05, 0) is 36.4 Å². The first-order valence-corrected chi connectivity index (χ1v) is 9.63. The van der Waals surface area contributed by atoms with E-state index in [0.29, 0.717) is 27.9 Å². The summed E-state index contributed by atoms with van der Waals surface area (Å²) in [5.41, 5.74) is 0.814. The molecule has 4 rings (SSSR count). The molecule has 0 spiro atoms. The number of ether oxygens (including phenoxy) is 2. The summed E-state index contributed by atoms with van der Waals surface area (Å²) < 4.78 is 10.4. The Morgan fingerprint density at radius 3 is 2.52 bits per heavy atom. The fourth-order valence-electron chi connectivity index (χ4n) is 3.44. The highest BCUT2D eigenvalue weighted by Crippen LogP contribution is 2.33. The molecule has 3 amide bonds. The molecule has 2 aromatic carbocycles. The summed E-state index contributed by atoms with van der Waals surface area (Å²) in [7, 11) is 2.99. The van der Waals surface area contributed by atoms with Crippen molar-refractivity contribution in [2.75, 3.05) is 31.0 Å². The van der Waals surface area contributed by atoms with Gasteiger partial charge in [-0.3, -0.25) is 19.4 Å². The highest BCUT2D eigenvalue weighted by molar-refractivity contribution is 6.31. The van der Waals surface area contributed by atoms with Gasteiger partial charge in [0.25, 0.3) is 11.8 Å². The molecule has 1 saturated heterocycles. The van der Waals surface area contributed by atoms with Crippen LogP contribution in [0.5, 0.6) is 11.5 Å². The monoisotopic (exact) mass is 443 g/mol. The van der Waals surface area contributed by atoms with Crippen molar-refractivity contribution in [3.05, 3.63) is 47.5 Å². The van der Waals surface area contributed by atoms with E-state index in [4.69, 9.17) is 21.1 Å². The second-order valence-electron chi connectivity index (χ2n) is 6.79. The summed E-state index contributed by atoms with van der Waals surface area (Å²) in [6.45, 7) is -0.271. The molecule has 2 heterocycles. The van der Waals surface area contributed by atoms with Crippen molar-refractivity contribution >= 4 is 40.7 Å². The number of imide groups is 1. The number of rotatable bonds is 6. The summed E-state index contributed by atoms with van der Waals surface area (Å²) in [5.74, 6) is -0.468. The van der Waals surface area contributed by atoms with Gasteiger partial charge in [0, 0.05) is 11.1 Å². The van der Waals surface area contributed by atoms with Crippen LogP contribution < -0.4 is 19.7 Å². The second-order valence-corrected chi connectivity index (χ2v) is 7.23. The Bertz CT molecular complexity index is 1070. The fourth-order valence-corrected chi connectivity index (χ4v) is 3.56. The van der Waals surface area contributed by atoms with Gasteiger partial charge in [0.15, 0.2) is 12.1 Å². The van der Waals surface area contributed by atoms with Crippen LogP contribution in [0.1, 0.15) is 0 Å². The van der Waals surface area contributed by atoms with Crippen LogP contribution >= 0.6 is 11.6 Å². The van der Waals surface area contributed by atoms with Gasteiger partial charge in [-0.2, -0.15) is 5.11 Å². The van der Waals surface area contributed by atoms with Gasteiger partial charge in [0.05, 0.1) is 25.6 Å². The summed E-state index contributed by atoms with van der Waals surface area (Å²) >= 11 is 5.88. The predicted molar refractivity (Wildman–Crippen MR) is 111 cm³/mol. The Labute approximate surface area is 182 Å². The molecular formula is C20H18ClN5O5. The normalized spacial score (nSPS) is 19.6. The Morgan fingerprint density at radius 1 is 1.10 bits per heavy atom. The Hall–Kier alpha value is -3.66. The van der Waals surface area contributed by atoms with Crippen molar-refractivity contribution in [1.29, 1.82) is 0 Å². The molecule has 11 heteroatoms. The standard InChI is InChI=1S/C20H18ClN5O5/c1-30-13-7-8-14(15(9-13)31-2)22-16(27)10-25-18-17(23-24-25)19(28)26(20(18)29)12-5-3-11(21)4-6-12/h3-9,17-18H,10H2,1-2H3,(H,22,27)/t17-,18+/m0/s1. The van der Waals surface area contributed by atoms with Gasteiger partial charge in [0.1, 0.15) is 18.0 Å². The van der Waals surface area contributed by atoms with Gasteiger partial charge in [0.2, 0.25) is 5.91 Å². The van der Waals surface area contributed by atoms with E-state index in [0.717, 1.165) is 4.90 Å². The molecule has 0 unspecified atom stereocenters. The maximum atomic E-state index is 12.9. The number of halogens is 1. The molecule has 2 aliphatic heterocycles. The fraction of sp³-hybridized carbons (Fsp3) is 0.250. The molecule has 31 heavy (non-hydrogen) atoms. The van der Waals surface area contributed by atoms with Crippen LogP contribution in [0, 0.1) is 0 Å². The lowest BCUT2D eigenvalue weighted by Crippen LogP contribution is -2.43. The SMILES string of the molecule is COc1ccc(NC(=O)CN2N=N[C@@H]3C(=O)N(c4ccc(Cl)cc4)C(=O)[C@@H]32)c(OC)c1. The molecule has 1 fully saturated rings. The number of anilines is 2. The van der Waals surface area contributed by atoms with Crippen molar-refractivity contribution in [3.63, 3.8) is 0 Å². The molecule has 2 aromatic rings. The Morgan fingerprint density at radius 2 is 1.84 bits per heavy atom. The van der Waals surface area contributed by atoms with E-state index in [1.165, 1.54) is 19.2 Å². The molecule has 0 aliphatic carbocycles. The Kier molecular flexibility index (Phi) is 5.47. The summed E-state index contributed by atoms with van der Waals surface area (Å²) in [6.07, 6.45) is 0. The summed E-state index contributed by atoms with van der Waals surface area (Å²) in [5, 5.41) is 12.2. The smallest absolute Gasteiger partial charge is 0.263 e.